The molecule has 1 fully saturated rings. The van der Waals surface area contributed by atoms with Gasteiger partial charge in [0.05, 0.1) is 17.4 Å². The zero-order chi connectivity index (χ0) is 12.3. The summed E-state index contributed by atoms with van der Waals surface area (Å²) >= 11 is 3.31. The first kappa shape index (κ1) is 14.0. The van der Waals surface area contributed by atoms with E-state index in [4.69, 9.17) is 0 Å². The Labute approximate surface area is 105 Å². The van der Waals surface area contributed by atoms with Crippen LogP contribution in [0.4, 0.5) is 0 Å². The predicted octanol–water partition coefficient (Wildman–Crippen LogP) is 1.05. The van der Waals surface area contributed by atoms with E-state index in [0.717, 1.165) is 5.33 Å². The van der Waals surface area contributed by atoms with Crippen molar-refractivity contribution in [1.82, 2.24) is 4.90 Å². The zero-order valence-corrected chi connectivity index (χ0v) is 12.1. The lowest BCUT2D eigenvalue weighted by Gasteiger charge is -2.28. The molecule has 1 aliphatic heterocycles. The van der Waals surface area contributed by atoms with Crippen LogP contribution < -0.4 is 0 Å². The highest BCUT2D eigenvalue weighted by Gasteiger charge is 2.35. The molecule has 0 aliphatic carbocycles. The minimum absolute atomic E-state index is 0.0180. The first-order valence-corrected chi connectivity index (χ1v) is 8.38. The lowest BCUT2D eigenvalue weighted by atomic mass is 10.1. The fourth-order valence-corrected chi connectivity index (χ4v) is 4.05. The molecule has 0 aromatic heterocycles. The van der Waals surface area contributed by atoms with Crippen LogP contribution >= 0.6 is 15.9 Å². The van der Waals surface area contributed by atoms with Gasteiger partial charge in [-0.1, -0.05) is 15.9 Å². The number of sulfone groups is 1. The molecule has 0 saturated carbocycles. The molecule has 4 nitrogen and oxygen atoms in total. The highest BCUT2D eigenvalue weighted by atomic mass is 79.9. The molecule has 1 atom stereocenters. The van der Waals surface area contributed by atoms with Gasteiger partial charge < -0.3 is 4.90 Å². The van der Waals surface area contributed by atoms with Crippen molar-refractivity contribution in [2.45, 2.75) is 26.3 Å². The van der Waals surface area contributed by atoms with E-state index in [1.165, 1.54) is 0 Å². The van der Waals surface area contributed by atoms with Crippen molar-refractivity contribution in [3.05, 3.63) is 0 Å². The fraction of sp³-hybridized carbons (Fsp3) is 0.900. The first-order valence-electron chi connectivity index (χ1n) is 5.44. The van der Waals surface area contributed by atoms with E-state index < -0.39 is 9.84 Å². The van der Waals surface area contributed by atoms with Crippen LogP contribution in [0.2, 0.25) is 0 Å². The van der Waals surface area contributed by atoms with Gasteiger partial charge in [-0.2, -0.15) is 0 Å². The maximum Gasteiger partial charge on any atom is 0.226 e. The summed E-state index contributed by atoms with van der Waals surface area (Å²) in [4.78, 5) is 13.9. The normalized spacial score (nSPS) is 23.6. The molecule has 94 valence electrons. The third-order valence-electron chi connectivity index (χ3n) is 2.81. The van der Waals surface area contributed by atoms with Crippen molar-refractivity contribution in [3.8, 4) is 0 Å². The Morgan fingerprint density at radius 3 is 2.50 bits per heavy atom. The van der Waals surface area contributed by atoms with Crippen molar-refractivity contribution < 1.29 is 13.2 Å². The quantitative estimate of drug-likeness (QED) is 0.729. The van der Waals surface area contributed by atoms with Gasteiger partial charge in [-0.25, -0.2) is 8.42 Å². The predicted molar refractivity (Wildman–Crippen MR) is 67.4 cm³/mol. The molecular formula is C10H18BrNO3S. The van der Waals surface area contributed by atoms with Crippen molar-refractivity contribution in [2.24, 2.45) is 5.92 Å². The lowest BCUT2D eigenvalue weighted by Crippen LogP contribution is -2.42. The summed E-state index contributed by atoms with van der Waals surface area (Å²) in [5, 5.41) is 0.719. The van der Waals surface area contributed by atoms with E-state index in [2.05, 4.69) is 15.9 Å². The molecule has 0 aromatic rings. The third-order valence-corrected chi connectivity index (χ3v) is 4.94. The van der Waals surface area contributed by atoms with Gasteiger partial charge in [0.25, 0.3) is 0 Å². The molecule has 1 amide bonds. The van der Waals surface area contributed by atoms with Crippen LogP contribution in [-0.2, 0) is 14.6 Å². The van der Waals surface area contributed by atoms with E-state index in [1.807, 2.05) is 13.8 Å². The van der Waals surface area contributed by atoms with Crippen molar-refractivity contribution >= 4 is 31.7 Å². The number of alkyl halides is 1. The van der Waals surface area contributed by atoms with Gasteiger partial charge in [-0.05, 0) is 20.3 Å². The minimum atomic E-state index is -2.97. The largest absolute Gasteiger partial charge is 0.339 e. The van der Waals surface area contributed by atoms with Crippen LogP contribution in [-0.4, -0.2) is 48.6 Å². The van der Waals surface area contributed by atoms with Gasteiger partial charge in [0, 0.05) is 17.9 Å². The summed E-state index contributed by atoms with van der Waals surface area (Å²) in [6, 6.07) is 0.119. The zero-order valence-electron chi connectivity index (χ0n) is 9.65. The Hall–Kier alpha value is -0.100. The molecule has 1 aliphatic rings. The number of hydrogen-bond acceptors (Lipinski definition) is 3. The van der Waals surface area contributed by atoms with Crippen LogP contribution in [0.1, 0.15) is 20.3 Å². The minimum Gasteiger partial charge on any atom is -0.339 e. The number of carbonyl (C=O) groups is 1. The molecule has 6 heteroatoms. The molecule has 1 rings (SSSR count). The standard InChI is InChI=1S/C10H18BrNO3S/c1-8(2)12(5-4-11)10(13)9-3-6-16(14,15)7-9/h8-9H,3-7H2,1-2H3. The topological polar surface area (TPSA) is 54.5 Å². The summed E-state index contributed by atoms with van der Waals surface area (Å²) in [6.45, 7) is 4.53. The molecule has 0 aromatic carbocycles. The number of amides is 1. The summed E-state index contributed by atoms with van der Waals surface area (Å²) in [7, 11) is -2.97. The number of halogens is 1. The van der Waals surface area contributed by atoms with Gasteiger partial charge in [0.1, 0.15) is 0 Å². The molecular weight excluding hydrogens is 294 g/mol. The van der Waals surface area contributed by atoms with Gasteiger partial charge in [0.2, 0.25) is 5.91 Å². The second kappa shape index (κ2) is 5.49. The van der Waals surface area contributed by atoms with Crippen LogP contribution in [0.25, 0.3) is 0 Å². The molecule has 0 radical (unpaired) electrons. The number of carbonyl (C=O) groups excluding carboxylic acids is 1. The molecule has 1 heterocycles. The van der Waals surface area contributed by atoms with E-state index >= 15 is 0 Å². The van der Waals surface area contributed by atoms with Gasteiger partial charge >= 0.3 is 0 Å². The second-order valence-corrected chi connectivity index (χ2v) is 7.44. The van der Waals surface area contributed by atoms with Gasteiger partial charge in [-0.3, -0.25) is 4.79 Å². The molecule has 0 N–H and O–H groups in total. The van der Waals surface area contributed by atoms with Gasteiger partial charge in [-0.15, -0.1) is 0 Å². The highest BCUT2D eigenvalue weighted by Crippen LogP contribution is 2.21. The van der Waals surface area contributed by atoms with Crippen LogP contribution in [0, 0.1) is 5.92 Å². The third kappa shape index (κ3) is 3.45. The van der Waals surface area contributed by atoms with Crippen molar-refractivity contribution in [1.29, 1.82) is 0 Å². The van der Waals surface area contributed by atoms with Crippen LogP contribution in [0.5, 0.6) is 0 Å². The average Bonchev–Trinajstić information content (AvgIpc) is 2.53. The number of rotatable bonds is 4. The lowest BCUT2D eigenvalue weighted by molar-refractivity contribution is -0.136. The molecule has 1 unspecified atom stereocenters. The van der Waals surface area contributed by atoms with E-state index in [0.29, 0.717) is 13.0 Å². The van der Waals surface area contributed by atoms with E-state index in [1.54, 1.807) is 4.90 Å². The van der Waals surface area contributed by atoms with Crippen LogP contribution in [0.15, 0.2) is 0 Å². The maximum absolute atomic E-state index is 12.1. The summed E-state index contributed by atoms with van der Waals surface area (Å²) in [5.41, 5.74) is 0. The summed E-state index contributed by atoms with van der Waals surface area (Å²) in [6.07, 6.45) is 0.479. The first-order chi connectivity index (χ1) is 7.37. The SMILES string of the molecule is CC(C)N(CCBr)C(=O)C1CCS(=O)(=O)C1. The number of nitrogens with zero attached hydrogens (tertiary/aromatic N) is 1. The highest BCUT2D eigenvalue weighted by molar-refractivity contribution is 9.09. The molecule has 1 saturated heterocycles. The Morgan fingerprint density at radius 1 is 1.50 bits per heavy atom. The van der Waals surface area contributed by atoms with Crippen LogP contribution in [0.3, 0.4) is 0 Å². The van der Waals surface area contributed by atoms with E-state index in [-0.39, 0.29) is 29.4 Å². The fourth-order valence-electron chi connectivity index (χ4n) is 1.94. The molecule has 0 bridgehead atoms. The molecule has 16 heavy (non-hydrogen) atoms. The molecule has 0 spiro atoms. The Bertz CT molecular complexity index is 353. The smallest absolute Gasteiger partial charge is 0.226 e. The Morgan fingerprint density at radius 2 is 2.12 bits per heavy atom. The van der Waals surface area contributed by atoms with Crippen molar-refractivity contribution in [3.63, 3.8) is 0 Å². The van der Waals surface area contributed by atoms with Crippen molar-refractivity contribution in [2.75, 3.05) is 23.4 Å². The summed E-state index contributed by atoms with van der Waals surface area (Å²) in [5.74, 6) is -0.164. The Kier molecular flexibility index (Phi) is 4.79. The average molecular weight is 312 g/mol. The van der Waals surface area contributed by atoms with E-state index in [9.17, 15) is 13.2 Å². The number of hydrogen-bond donors (Lipinski definition) is 0. The maximum atomic E-state index is 12.1. The second-order valence-electron chi connectivity index (χ2n) is 4.41. The van der Waals surface area contributed by atoms with Gasteiger partial charge in [0.15, 0.2) is 9.84 Å². The summed E-state index contributed by atoms with van der Waals surface area (Å²) < 4.78 is 22.6. The Balaban J connectivity index is 2.69. The monoisotopic (exact) mass is 311 g/mol.